The van der Waals surface area contributed by atoms with Crippen molar-refractivity contribution in [2.24, 2.45) is 5.41 Å². The van der Waals surface area contributed by atoms with Crippen molar-refractivity contribution >= 4 is 11.8 Å². The molecule has 0 radical (unpaired) electrons. The van der Waals surface area contributed by atoms with Crippen LogP contribution in [0.15, 0.2) is 0 Å². The average Bonchev–Trinajstić information content (AvgIpc) is 2.24. The number of thioether (sulfide) groups is 1. The normalized spacial score (nSPS) is 21.0. The van der Waals surface area contributed by atoms with Crippen LogP contribution < -0.4 is 5.32 Å². The second-order valence-corrected chi connectivity index (χ2v) is 6.94. The zero-order valence-electron chi connectivity index (χ0n) is 11.3. The lowest BCUT2D eigenvalue weighted by molar-refractivity contribution is 0.0106. The Kier molecular flexibility index (Phi) is 5.62. The second-order valence-electron chi connectivity index (χ2n) is 5.96. The maximum absolute atomic E-state index is 5.50. The van der Waals surface area contributed by atoms with Crippen LogP contribution in [0.25, 0.3) is 0 Å². The number of hydrogen-bond donors (Lipinski definition) is 1. The lowest BCUT2D eigenvalue weighted by atomic mass is 9.77. The minimum absolute atomic E-state index is 0.227. The predicted octanol–water partition coefficient (Wildman–Crippen LogP) is 2.92. The fraction of sp³-hybridized carbons (Fsp3) is 1.00. The highest BCUT2D eigenvalue weighted by Crippen LogP contribution is 2.34. The third-order valence-corrected chi connectivity index (χ3v) is 4.00. The SMILES string of the molecule is CSCCC1(CNC(C)(C)C)CCOCC1. The molecule has 2 nitrogen and oxygen atoms in total. The molecular weight excluding hydrogens is 218 g/mol. The van der Waals surface area contributed by atoms with E-state index >= 15 is 0 Å². The molecule has 0 aromatic heterocycles. The first kappa shape index (κ1) is 14.3. The molecule has 0 atom stereocenters. The van der Waals surface area contributed by atoms with Crippen LogP contribution >= 0.6 is 11.8 Å². The summed E-state index contributed by atoms with van der Waals surface area (Å²) in [6, 6.07) is 0. The standard InChI is InChI=1S/C13H27NOS/c1-12(2,3)14-11-13(7-10-16-4)5-8-15-9-6-13/h14H,5-11H2,1-4H3. The van der Waals surface area contributed by atoms with E-state index in [0.717, 1.165) is 19.8 Å². The van der Waals surface area contributed by atoms with Gasteiger partial charge in [0.15, 0.2) is 0 Å². The molecule has 16 heavy (non-hydrogen) atoms. The Morgan fingerprint density at radius 3 is 2.38 bits per heavy atom. The van der Waals surface area contributed by atoms with E-state index in [1.165, 1.54) is 25.0 Å². The summed E-state index contributed by atoms with van der Waals surface area (Å²) in [6.45, 7) is 9.76. The largest absolute Gasteiger partial charge is 0.381 e. The van der Waals surface area contributed by atoms with Gasteiger partial charge in [0.25, 0.3) is 0 Å². The fourth-order valence-electron chi connectivity index (χ4n) is 2.09. The third-order valence-electron chi connectivity index (χ3n) is 3.38. The van der Waals surface area contributed by atoms with Gasteiger partial charge in [0, 0.05) is 25.3 Å². The Labute approximate surface area is 105 Å². The number of hydrogen-bond acceptors (Lipinski definition) is 3. The number of rotatable bonds is 5. The van der Waals surface area contributed by atoms with Gasteiger partial charge >= 0.3 is 0 Å². The molecular formula is C13H27NOS. The molecule has 0 aliphatic carbocycles. The van der Waals surface area contributed by atoms with E-state index in [9.17, 15) is 0 Å². The van der Waals surface area contributed by atoms with E-state index in [0.29, 0.717) is 5.41 Å². The van der Waals surface area contributed by atoms with Gasteiger partial charge in [-0.05, 0) is 57.5 Å². The summed E-state index contributed by atoms with van der Waals surface area (Å²) in [4.78, 5) is 0. The molecule has 0 spiro atoms. The van der Waals surface area contributed by atoms with Gasteiger partial charge < -0.3 is 10.1 Å². The molecule has 0 amide bonds. The molecule has 1 aliphatic rings. The summed E-state index contributed by atoms with van der Waals surface area (Å²) in [7, 11) is 0. The minimum Gasteiger partial charge on any atom is -0.381 e. The van der Waals surface area contributed by atoms with Gasteiger partial charge in [-0.1, -0.05) is 0 Å². The summed E-state index contributed by atoms with van der Waals surface area (Å²) in [5, 5.41) is 3.68. The van der Waals surface area contributed by atoms with E-state index in [1.54, 1.807) is 0 Å². The summed E-state index contributed by atoms with van der Waals surface area (Å²) in [6.07, 6.45) is 5.96. The molecule has 96 valence electrons. The molecule has 3 heteroatoms. The minimum atomic E-state index is 0.227. The van der Waals surface area contributed by atoms with Crippen molar-refractivity contribution in [3.8, 4) is 0 Å². The lowest BCUT2D eigenvalue weighted by Crippen LogP contribution is -2.46. The zero-order chi connectivity index (χ0) is 12.1. The van der Waals surface area contributed by atoms with Crippen LogP contribution in [0.2, 0.25) is 0 Å². The van der Waals surface area contributed by atoms with E-state index in [1.807, 2.05) is 11.8 Å². The zero-order valence-corrected chi connectivity index (χ0v) is 12.1. The monoisotopic (exact) mass is 245 g/mol. The van der Waals surface area contributed by atoms with Crippen molar-refractivity contribution in [2.45, 2.75) is 45.6 Å². The summed E-state index contributed by atoms with van der Waals surface area (Å²) in [5.74, 6) is 1.27. The van der Waals surface area contributed by atoms with Gasteiger partial charge in [-0.25, -0.2) is 0 Å². The molecule has 0 aromatic rings. The van der Waals surface area contributed by atoms with Crippen LogP contribution in [0.5, 0.6) is 0 Å². The van der Waals surface area contributed by atoms with E-state index < -0.39 is 0 Å². The number of ether oxygens (including phenoxy) is 1. The van der Waals surface area contributed by atoms with Crippen LogP contribution in [-0.4, -0.2) is 37.3 Å². The van der Waals surface area contributed by atoms with Crippen molar-refractivity contribution in [1.29, 1.82) is 0 Å². The molecule has 1 fully saturated rings. The molecule has 0 unspecified atom stereocenters. The molecule has 0 aromatic carbocycles. The maximum atomic E-state index is 5.50. The Morgan fingerprint density at radius 1 is 1.25 bits per heavy atom. The van der Waals surface area contributed by atoms with Gasteiger partial charge in [0.1, 0.15) is 0 Å². The maximum Gasteiger partial charge on any atom is 0.0471 e. The van der Waals surface area contributed by atoms with Crippen LogP contribution in [0.3, 0.4) is 0 Å². The first-order chi connectivity index (χ1) is 7.47. The molecule has 0 bridgehead atoms. The highest BCUT2D eigenvalue weighted by molar-refractivity contribution is 7.98. The highest BCUT2D eigenvalue weighted by atomic mass is 32.2. The van der Waals surface area contributed by atoms with E-state index in [-0.39, 0.29) is 5.54 Å². The Hall–Kier alpha value is 0.270. The Balaban J connectivity index is 2.48. The van der Waals surface area contributed by atoms with Crippen molar-refractivity contribution in [1.82, 2.24) is 5.32 Å². The van der Waals surface area contributed by atoms with E-state index in [2.05, 4.69) is 32.3 Å². The Morgan fingerprint density at radius 2 is 1.88 bits per heavy atom. The lowest BCUT2D eigenvalue weighted by Gasteiger charge is -2.39. The smallest absolute Gasteiger partial charge is 0.0471 e. The van der Waals surface area contributed by atoms with Crippen molar-refractivity contribution in [2.75, 3.05) is 31.8 Å². The fourth-order valence-corrected chi connectivity index (χ4v) is 2.73. The quantitative estimate of drug-likeness (QED) is 0.805. The second kappa shape index (κ2) is 6.27. The summed E-state index contributed by atoms with van der Waals surface area (Å²) >= 11 is 1.96. The molecule has 1 rings (SSSR count). The van der Waals surface area contributed by atoms with Crippen LogP contribution in [0, 0.1) is 5.41 Å². The first-order valence-electron chi connectivity index (χ1n) is 6.29. The van der Waals surface area contributed by atoms with Crippen LogP contribution in [0.4, 0.5) is 0 Å². The van der Waals surface area contributed by atoms with E-state index in [4.69, 9.17) is 4.74 Å². The molecule has 0 saturated carbocycles. The van der Waals surface area contributed by atoms with Crippen molar-refractivity contribution < 1.29 is 4.74 Å². The van der Waals surface area contributed by atoms with Crippen molar-refractivity contribution in [3.05, 3.63) is 0 Å². The van der Waals surface area contributed by atoms with Gasteiger partial charge in [0.2, 0.25) is 0 Å². The third kappa shape index (κ3) is 5.07. The average molecular weight is 245 g/mol. The molecule has 1 N–H and O–H groups in total. The molecule has 1 saturated heterocycles. The first-order valence-corrected chi connectivity index (χ1v) is 7.69. The molecule has 1 heterocycles. The van der Waals surface area contributed by atoms with Crippen molar-refractivity contribution in [3.63, 3.8) is 0 Å². The summed E-state index contributed by atoms with van der Waals surface area (Å²) < 4.78 is 5.50. The highest BCUT2D eigenvalue weighted by Gasteiger charge is 2.32. The topological polar surface area (TPSA) is 21.3 Å². The predicted molar refractivity (Wildman–Crippen MR) is 73.2 cm³/mol. The van der Waals surface area contributed by atoms with Gasteiger partial charge in [-0.3, -0.25) is 0 Å². The van der Waals surface area contributed by atoms with Crippen LogP contribution in [0.1, 0.15) is 40.0 Å². The summed E-state index contributed by atoms with van der Waals surface area (Å²) in [5.41, 5.74) is 0.708. The van der Waals surface area contributed by atoms with Crippen LogP contribution in [-0.2, 0) is 4.74 Å². The Bertz CT molecular complexity index is 195. The van der Waals surface area contributed by atoms with Gasteiger partial charge in [0.05, 0.1) is 0 Å². The van der Waals surface area contributed by atoms with Gasteiger partial charge in [-0.2, -0.15) is 11.8 Å². The number of nitrogens with one attached hydrogen (secondary N) is 1. The van der Waals surface area contributed by atoms with Gasteiger partial charge in [-0.15, -0.1) is 0 Å². The molecule has 1 aliphatic heterocycles.